The number of aromatic nitrogens is 2. The Hall–Kier alpha value is -2.95. The molecular formula is C23H27N3O2. The first-order chi connectivity index (χ1) is 13.5. The van der Waals surface area contributed by atoms with E-state index in [4.69, 9.17) is 9.47 Å². The number of hydrogen-bond donors (Lipinski definition) is 2. The van der Waals surface area contributed by atoms with Crippen molar-refractivity contribution < 1.29 is 9.47 Å². The lowest BCUT2D eigenvalue weighted by atomic mass is 9.76. The molecule has 0 amide bonds. The molecule has 5 nitrogen and oxygen atoms in total. The summed E-state index contributed by atoms with van der Waals surface area (Å²) in [6.45, 7) is 4.67. The number of nitrogens with zero attached hydrogens (tertiary/aromatic N) is 1. The predicted molar refractivity (Wildman–Crippen MR) is 113 cm³/mol. The third-order valence-corrected chi connectivity index (χ3v) is 5.53. The number of ether oxygens (including phenoxy) is 2. The number of rotatable bonds is 5. The van der Waals surface area contributed by atoms with Crippen LogP contribution < -0.4 is 14.8 Å². The summed E-state index contributed by atoms with van der Waals surface area (Å²) in [7, 11) is 3.36. The molecule has 1 aliphatic rings. The molecule has 0 aliphatic heterocycles. The Morgan fingerprint density at radius 1 is 1.07 bits per heavy atom. The van der Waals surface area contributed by atoms with Gasteiger partial charge < -0.3 is 19.8 Å². The highest BCUT2D eigenvalue weighted by Crippen LogP contribution is 2.44. The average Bonchev–Trinajstić information content (AvgIpc) is 3.04. The van der Waals surface area contributed by atoms with Crippen molar-refractivity contribution in [1.29, 1.82) is 0 Å². The maximum Gasteiger partial charge on any atom is 0.142 e. The summed E-state index contributed by atoms with van der Waals surface area (Å²) >= 11 is 0. The molecule has 0 saturated heterocycles. The Bertz CT molecular complexity index is 977. The molecule has 0 fully saturated rings. The summed E-state index contributed by atoms with van der Waals surface area (Å²) in [6.07, 6.45) is 6.90. The summed E-state index contributed by atoms with van der Waals surface area (Å²) in [5.41, 5.74) is 7.19. The molecule has 5 heteroatoms. The second kappa shape index (κ2) is 7.23. The molecule has 0 radical (unpaired) electrons. The maximum atomic E-state index is 5.58. The molecule has 146 valence electrons. The minimum absolute atomic E-state index is 0.304. The van der Waals surface area contributed by atoms with Gasteiger partial charge in [-0.05, 0) is 54.5 Å². The molecule has 0 atom stereocenters. The molecule has 1 aromatic carbocycles. The highest BCUT2D eigenvalue weighted by Gasteiger charge is 2.30. The van der Waals surface area contributed by atoms with Gasteiger partial charge in [0.2, 0.25) is 0 Å². The van der Waals surface area contributed by atoms with Crippen LogP contribution >= 0.6 is 0 Å². The SMILES string of the molecule is COc1ccc(OC)c(Nc2c(-c3ccncc3)[nH]c3c2CCC(C)(C)C3)c1. The van der Waals surface area contributed by atoms with Crippen LogP contribution in [0.1, 0.15) is 31.5 Å². The van der Waals surface area contributed by atoms with E-state index in [1.165, 1.54) is 11.3 Å². The molecule has 2 aromatic heterocycles. The molecule has 0 unspecified atom stereocenters. The zero-order valence-corrected chi connectivity index (χ0v) is 16.9. The van der Waals surface area contributed by atoms with E-state index in [0.29, 0.717) is 5.41 Å². The van der Waals surface area contributed by atoms with Crippen molar-refractivity contribution in [3.8, 4) is 22.8 Å². The minimum Gasteiger partial charge on any atom is -0.497 e. The van der Waals surface area contributed by atoms with Crippen LogP contribution in [0.15, 0.2) is 42.7 Å². The lowest BCUT2D eigenvalue weighted by Gasteiger charge is -2.29. The molecule has 0 bridgehead atoms. The highest BCUT2D eigenvalue weighted by atomic mass is 16.5. The fourth-order valence-corrected chi connectivity index (χ4v) is 3.97. The van der Waals surface area contributed by atoms with Crippen molar-refractivity contribution in [3.63, 3.8) is 0 Å². The molecule has 3 aromatic rings. The first-order valence-corrected chi connectivity index (χ1v) is 9.64. The molecule has 1 aliphatic carbocycles. The van der Waals surface area contributed by atoms with Gasteiger partial charge in [0.05, 0.1) is 31.3 Å². The largest absolute Gasteiger partial charge is 0.497 e. The third-order valence-electron chi connectivity index (χ3n) is 5.53. The van der Waals surface area contributed by atoms with Gasteiger partial charge >= 0.3 is 0 Å². The maximum absolute atomic E-state index is 5.58. The predicted octanol–water partition coefficient (Wildman–Crippen LogP) is 5.35. The number of pyridine rings is 1. The van der Waals surface area contributed by atoms with Crippen molar-refractivity contribution in [3.05, 3.63) is 54.0 Å². The fourth-order valence-electron chi connectivity index (χ4n) is 3.97. The van der Waals surface area contributed by atoms with Gasteiger partial charge in [-0.1, -0.05) is 13.8 Å². The number of aromatic amines is 1. The lowest BCUT2D eigenvalue weighted by Crippen LogP contribution is -2.22. The smallest absolute Gasteiger partial charge is 0.142 e. The van der Waals surface area contributed by atoms with Crippen molar-refractivity contribution in [2.45, 2.75) is 33.1 Å². The summed E-state index contributed by atoms with van der Waals surface area (Å²) in [5, 5.41) is 3.64. The van der Waals surface area contributed by atoms with E-state index in [-0.39, 0.29) is 0 Å². The van der Waals surface area contributed by atoms with E-state index in [2.05, 4.69) is 29.1 Å². The number of hydrogen-bond acceptors (Lipinski definition) is 4. The highest BCUT2D eigenvalue weighted by molar-refractivity contribution is 5.84. The molecular weight excluding hydrogens is 350 g/mol. The minimum atomic E-state index is 0.304. The van der Waals surface area contributed by atoms with E-state index in [9.17, 15) is 0 Å². The zero-order chi connectivity index (χ0) is 19.7. The van der Waals surface area contributed by atoms with Gasteiger partial charge in [-0.2, -0.15) is 0 Å². The molecule has 0 spiro atoms. The Kier molecular flexibility index (Phi) is 4.75. The van der Waals surface area contributed by atoms with Crippen LogP contribution in [-0.4, -0.2) is 24.2 Å². The van der Waals surface area contributed by atoms with E-state index < -0.39 is 0 Å². The van der Waals surface area contributed by atoms with Gasteiger partial charge in [0.15, 0.2) is 0 Å². The number of nitrogens with one attached hydrogen (secondary N) is 2. The third kappa shape index (κ3) is 3.44. The van der Waals surface area contributed by atoms with Crippen LogP contribution in [0.2, 0.25) is 0 Å². The summed E-state index contributed by atoms with van der Waals surface area (Å²) in [4.78, 5) is 7.87. The van der Waals surface area contributed by atoms with Crippen molar-refractivity contribution in [2.24, 2.45) is 5.41 Å². The van der Waals surface area contributed by atoms with E-state index in [0.717, 1.165) is 53.4 Å². The molecule has 2 N–H and O–H groups in total. The number of fused-ring (bicyclic) bond motifs is 1. The first kappa shape index (κ1) is 18.4. The quantitative estimate of drug-likeness (QED) is 0.629. The van der Waals surface area contributed by atoms with Crippen LogP contribution in [0.5, 0.6) is 11.5 Å². The van der Waals surface area contributed by atoms with Gasteiger partial charge in [-0.15, -0.1) is 0 Å². The van der Waals surface area contributed by atoms with Gasteiger partial charge in [0.25, 0.3) is 0 Å². The number of H-pyrrole nitrogens is 1. The Labute approximate surface area is 166 Å². The first-order valence-electron chi connectivity index (χ1n) is 9.64. The van der Waals surface area contributed by atoms with Crippen molar-refractivity contribution in [1.82, 2.24) is 9.97 Å². The number of methoxy groups -OCH3 is 2. The van der Waals surface area contributed by atoms with Crippen LogP contribution in [0.3, 0.4) is 0 Å². The lowest BCUT2D eigenvalue weighted by molar-refractivity contribution is 0.313. The van der Waals surface area contributed by atoms with E-state index in [1.54, 1.807) is 14.2 Å². The summed E-state index contributed by atoms with van der Waals surface area (Å²) in [5.74, 6) is 1.58. The van der Waals surface area contributed by atoms with Crippen LogP contribution in [0.25, 0.3) is 11.3 Å². The van der Waals surface area contributed by atoms with Gasteiger partial charge in [0.1, 0.15) is 11.5 Å². The zero-order valence-electron chi connectivity index (χ0n) is 16.9. The van der Waals surface area contributed by atoms with Gasteiger partial charge in [-0.25, -0.2) is 0 Å². The van der Waals surface area contributed by atoms with E-state index >= 15 is 0 Å². The molecule has 2 heterocycles. The number of anilines is 2. The van der Waals surface area contributed by atoms with Crippen LogP contribution in [-0.2, 0) is 12.8 Å². The standard InChI is InChI=1S/C23H27N3O2/c1-23(2)10-7-17-19(14-23)26-21(15-8-11-24-12-9-15)22(17)25-18-13-16(27-3)5-6-20(18)28-4/h5-6,8-9,11-13,25-26H,7,10,14H2,1-4H3. The van der Waals surface area contributed by atoms with Crippen molar-refractivity contribution in [2.75, 3.05) is 19.5 Å². The summed E-state index contributed by atoms with van der Waals surface area (Å²) < 4.78 is 11.0. The topological polar surface area (TPSA) is 59.2 Å². The average molecular weight is 377 g/mol. The number of benzene rings is 1. The Balaban J connectivity index is 1.83. The Morgan fingerprint density at radius 3 is 2.57 bits per heavy atom. The van der Waals surface area contributed by atoms with Gasteiger partial charge in [0, 0.05) is 29.7 Å². The van der Waals surface area contributed by atoms with Crippen molar-refractivity contribution >= 4 is 11.4 Å². The molecule has 0 saturated carbocycles. The molecule has 4 rings (SSSR count). The Morgan fingerprint density at radius 2 is 1.86 bits per heavy atom. The van der Waals surface area contributed by atoms with Crippen LogP contribution in [0, 0.1) is 5.41 Å². The monoisotopic (exact) mass is 377 g/mol. The van der Waals surface area contributed by atoms with Gasteiger partial charge in [-0.3, -0.25) is 4.98 Å². The normalized spacial score (nSPS) is 15.0. The van der Waals surface area contributed by atoms with Crippen LogP contribution in [0.4, 0.5) is 11.4 Å². The second-order valence-corrected chi connectivity index (χ2v) is 8.10. The van der Waals surface area contributed by atoms with E-state index in [1.807, 2.05) is 42.7 Å². The summed E-state index contributed by atoms with van der Waals surface area (Å²) in [6, 6.07) is 9.88. The molecule has 28 heavy (non-hydrogen) atoms. The fraction of sp³-hybridized carbons (Fsp3) is 0.348. The second-order valence-electron chi connectivity index (χ2n) is 8.10.